The molecule has 0 amide bonds. The van der Waals surface area contributed by atoms with Crippen LogP contribution < -0.4 is 0 Å². The van der Waals surface area contributed by atoms with Crippen LogP contribution in [0.15, 0.2) is 72.9 Å². The summed E-state index contributed by atoms with van der Waals surface area (Å²) >= 11 is 0. The third kappa shape index (κ3) is 42.5. The summed E-state index contributed by atoms with van der Waals surface area (Å²) in [5.41, 5.74) is -0.915. The first-order valence-electron chi connectivity index (χ1n) is 25.9. The van der Waals surface area contributed by atoms with Crippen LogP contribution in [-0.4, -0.2) is 21.9 Å². The van der Waals surface area contributed by atoms with Crippen molar-refractivity contribution in [3.05, 3.63) is 72.9 Å². The number of hydrogen-bond acceptors (Lipinski definition) is 2. The molecule has 0 bridgehead atoms. The van der Waals surface area contributed by atoms with Crippen LogP contribution in [0.1, 0.15) is 271 Å². The van der Waals surface area contributed by atoms with Gasteiger partial charge in [0.25, 0.3) is 0 Å². The molecule has 2 heteroatoms. The van der Waals surface area contributed by atoms with Crippen LogP contribution in [0.4, 0.5) is 0 Å². The molecule has 1 unspecified atom stereocenters. The molecule has 1 atom stereocenters. The van der Waals surface area contributed by atoms with Crippen molar-refractivity contribution >= 4 is 0 Å². The van der Waals surface area contributed by atoms with Gasteiger partial charge in [-0.15, -0.1) is 0 Å². The van der Waals surface area contributed by atoms with Crippen molar-refractivity contribution in [3.63, 3.8) is 0 Å². The van der Waals surface area contributed by atoms with Gasteiger partial charge in [0.1, 0.15) is 0 Å². The first-order valence-corrected chi connectivity index (χ1v) is 25.9. The fraction of sp³-hybridized carbons (Fsp3) is 0.786. The molecule has 0 saturated heterocycles. The Bertz CT molecular complexity index is 919. The summed E-state index contributed by atoms with van der Waals surface area (Å²) < 4.78 is 0. The van der Waals surface area contributed by atoms with E-state index in [4.69, 9.17) is 0 Å². The molecule has 0 aliphatic carbocycles. The summed E-state index contributed by atoms with van der Waals surface area (Å²) in [6, 6.07) is 0. The van der Waals surface area contributed by atoms with Crippen molar-refractivity contribution in [1.82, 2.24) is 0 Å². The zero-order valence-corrected chi connectivity index (χ0v) is 39.5. The summed E-state index contributed by atoms with van der Waals surface area (Å²) in [6.07, 6.45) is 74.0. The van der Waals surface area contributed by atoms with Gasteiger partial charge in [-0.25, -0.2) is 0 Å². The van der Waals surface area contributed by atoms with Crippen molar-refractivity contribution < 1.29 is 10.2 Å². The molecule has 0 aliphatic rings. The zero-order chi connectivity index (χ0) is 42.1. The second kappa shape index (κ2) is 48.0. The number of hydrogen-bond donors (Lipinski definition) is 2. The fourth-order valence-corrected chi connectivity index (χ4v) is 7.89. The minimum atomic E-state index is -0.915. The highest BCUT2D eigenvalue weighted by atomic mass is 16.3. The van der Waals surface area contributed by atoms with E-state index in [2.05, 4.69) is 93.7 Å². The van der Waals surface area contributed by atoms with Crippen molar-refractivity contribution in [2.75, 3.05) is 0 Å². The first kappa shape index (κ1) is 56.4. The number of unbranched alkanes of at least 4 members (excludes halogenated alkanes) is 27. The third-order valence-electron chi connectivity index (χ3n) is 11.9. The maximum absolute atomic E-state index is 11.9. The van der Waals surface area contributed by atoms with Gasteiger partial charge in [0.15, 0.2) is 0 Å². The highest BCUT2D eigenvalue weighted by Gasteiger charge is 2.34. The Hall–Kier alpha value is -1.64. The van der Waals surface area contributed by atoms with Crippen molar-refractivity contribution in [2.24, 2.45) is 0 Å². The molecule has 2 N–H and O–H groups in total. The number of rotatable bonds is 46. The molecule has 0 aromatic heterocycles. The summed E-state index contributed by atoms with van der Waals surface area (Å²) in [5, 5.41) is 23.2. The maximum atomic E-state index is 11.9. The van der Waals surface area contributed by atoms with Crippen molar-refractivity contribution in [2.45, 2.75) is 283 Å². The largest absolute Gasteiger partial charge is 0.390 e. The molecule has 0 fully saturated rings. The lowest BCUT2D eigenvalue weighted by molar-refractivity contribution is -0.0919. The molecule has 0 aromatic rings. The monoisotopic (exact) mass is 807 g/mol. The molecule has 0 aliphatic heterocycles. The number of aliphatic hydroxyl groups excluding tert-OH is 1. The van der Waals surface area contributed by atoms with Gasteiger partial charge in [0.05, 0.1) is 11.7 Å². The first-order chi connectivity index (χ1) is 28.6. The van der Waals surface area contributed by atoms with E-state index in [-0.39, 0.29) is 0 Å². The zero-order valence-electron chi connectivity index (χ0n) is 39.5. The highest BCUT2D eigenvalue weighted by molar-refractivity contribution is 4.94. The molecule has 58 heavy (non-hydrogen) atoms. The molecule has 0 rings (SSSR count). The van der Waals surface area contributed by atoms with Gasteiger partial charge in [0, 0.05) is 0 Å². The normalized spacial score (nSPS) is 13.4. The van der Waals surface area contributed by atoms with E-state index in [0.717, 1.165) is 57.8 Å². The predicted octanol–water partition coefficient (Wildman–Crippen LogP) is 18.7. The van der Waals surface area contributed by atoms with Gasteiger partial charge in [-0.1, -0.05) is 229 Å². The molecule has 0 heterocycles. The standard InChI is InChI=1S/C56H102O2/c1-4-7-10-13-16-19-22-25-28-31-34-37-40-43-46-49-52-55(57)56(58,53-50-47-44-41-38-35-32-29-26-23-20-17-14-11-8-5-2)54-51-48-45-42-39-36-33-30-27-24-21-18-15-12-9-6-3/h16-21,25-30,55,57-58H,4-15,22-24,31-54H2,1-3H3/b19-16-,20-17-,21-18-,28-25-,29-26-,30-27-. The van der Waals surface area contributed by atoms with E-state index in [9.17, 15) is 10.2 Å². The van der Waals surface area contributed by atoms with Gasteiger partial charge >= 0.3 is 0 Å². The topological polar surface area (TPSA) is 40.5 Å². The molecule has 0 aromatic carbocycles. The maximum Gasteiger partial charge on any atom is 0.0905 e. The van der Waals surface area contributed by atoms with Crippen LogP contribution >= 0.6 is 0 Å². The van der Waals surface area contributed by atoms with Crippen LogP contribution in [0, 0.1) is 0 Å². The molecule has 338 valence electrons. The average molecular weight is 807 g/mol. The average Bonchev–Trinajstić information content (AvgIpc) is 3.23. The molecule has 0 saturated carbocycles. The quantitative estimate of drug-likeness (QED) is 0.0475. The van der Waals surface area contributed by atoms with E-state index in [1.807, 2.05) is 0 Å². The Kier molecular flexibility index (Phi) is 46.7. The Morgan fingerprint density at radius 1 is 0.310 bits per heavy atom. The van der Waals surface area contributed by atoms with Crippen LogP contribution in [-0.2, 0) is 0 Å². The lowest BCUT2D eigenvalue weighted by Gasteiger charge is -2.34. The lowest BCUT2D eigenvalue weighted by atomic mass is 9.82. The van der Waals surface area contributed by atoms with E-state index >= 15 is 0 Å². The highest BCUT2D eigenvalue weighted by Crippen LogP contribution is 2.30. The Morgan fingerprint density at radius 3 is 0.845 bits per heavy atom. The van der Waals surface area contributed by atoms with Crippen molar-refractivity contribution in [1.29, 1.82) is 0 Å². The Morgan fingerprint density at radius 2 is 0.552 bits per heavy atom. The second-order valence-corrected chi connectivity index (χ2v) is 17.7. The minimum absolute atomic E-state index is 0.589. The molecular formula is C56H102O2. The van der Waals surface area contributed by atoms with Gasteiger partial charge < -0.3 is 10.2 Å². The van der Waals surface area contributed by atoms with E-state index in [1.165, 1.54) is 193 Å². The molecule has 2 nitrogen and oxygen atoms in total. The summed E-state index contributed by atoms with van der Waals surface area (Å²) in [6.45, 7) is 6.79. The van der Waals surface area contributed by atoms with E-state index < -0.39 is 11.7 Å². The predicted molar refractivity (Wildman–Crippen MR) is 263 cm³/mol. The smallest absolute Gasteiger partial charge is 0.0905 e. The lowest BCUT2D eigenvalue weighted by Crippen LogP contribution is -2.42. The summed E-state index contributed by atoms with van der Waals surface area (Å²) in [7, 11) is 0. The molecule has 0 radical (unpaired) electrons. The van der Waals surface area contributed by atoms with E-state index in [1.54, 1.807) is 0 Å². The third-order valence-corrected chi connectivity index (χ3v) is 11.9. The number of allylic oxidation sites excluding steroid dienone is 12. The Balaban J connectivity index is 4.39. The number of aliphatic hydroxyl groups is 2. The van der Waals surface area contributed by atoms with Gasteiger partial charge in [-0.3, -0.25) is 0 Å². The second-order valence-electron chi connectivity index (χ2n) is 17.7. The molecule has 0 spiro atoms. The van der Waals surface area contributed by atoms with Crippen LogP contribution in [0.2, 0.25) is 0 Å². The van der Waals surface area contributed by atoms with Gasteiger partial charge in [-0.2, -0.15) is 0 Å². The van der Waals surface area contributed by atoms with E-state index in [0.29, 0.717) is 0 Å². The minimum Gasteiger partial charge on any atom is -0.390 e. The van der Waals surface area contributed by atoms with Crippen molar-refractivity contribution in [3.8, 4) is 0 Å². The molecular weight excluding hydrogens is 705 g/mol. The Labute approximate surface area is 364 Å². The SMILES string of the molecule is CCCCC/C=C\C/C=C\CCCCCCCCC(O)C(O)(CCCCCCCC/C=C\C/C=C\CCCCC)CCCCCCCC/C=C\C/C=C\CCCCC. The fourth-order valence-electron chi connectivity index (χ4n) is 7.89. The van der Waals surface area contributed by atoms with Crippen LogP contribution in [0.3, 0.4) is 0 Å². The van der Waals surface area contributed by atoms with Crippen LogP contribution in [0.25, 0.3) is 0 Å². The van der Waals surface area contributed by atoms with Crippen LogP contribution in [0.5, 0.6) is 0 Å². The van der Waals surface area contributed by atoms with Gasteiger partial charge in [-0.05, 0) is 116 Å². The summed E-state index contributed by atoms with van der Waals surface area (Å²) in [5.74, 6) is 0. The van der Waals surface area contributed by atoms with Gasteiger partial charge in [0.2, 0.25) is 0 Å². The summed E-state index contributed by atoms with van der Waals surface area (Å²) in [4.78, 5) is 0.